The molecule has 24 heavy (non-hydrogen) atoms. The van der Waals surface area contributed by atoms with Crippen molar-refractivity contribution in [3.05, 3.63) is 60.1 Å². The van der Waals surface area contributed by atoms with Gasteiger partial charge in [0.2, 0.25) is 5.91 Å². The van der Waals surface area contributed by atoms with Gasteiger partial charge in [-0.25, -0.2) is 0 Å². The second-order valence-corrected chi connectivity index (χ2v) is 6.51. The van der Waals surface area contributed by atoms with Crippen LogP contribution < -0.4 is 5.32 Å². The fourth-order valence-electron chi connectivity index (χ4n) is 3.41. The van der Waals surface area contributed by atoms with Crippen molar-refractivity contribution in [1.82, 2.24) is 10.2 Å². The summed E-state index contributed by atoms with van der Waals surface area (Å²) in [4.78, 5) is 15.0. The molecule has 0 bridgehead atoms. The van der Waals surface area contributed by atoms with Crippen LogP contribution in [0.1, 0.15) is 43.6 Å². The zero-order valence-corrected chi connectivity index (χ0v) is 14.3. The fraction of sp³-hybridized carbons (Fsp3) is 0.450. The summed E-state index contributed by atoms with van der Waals surface area (Å²) in [7, 11) is 0. The first kappa shape index (κ1) is 16.8. The minimum atomic E-state index is -0.218. The molecule has 1 fully saturated rings. The second kappa shape index (κ2) is 8.15. The minimum Gasteiger partial charge on any atom is -0.467 e. The maximum Gasteiger partial charge on any atom is 0.221 e. The quantitative estimate of drug-likeness (QED) is 0.882. The second-order valence-electron chi connectivity index (χ2n) is 6.51. The zero-order chi connectivity index (χ0) is 16.8. The van der Waals surface area contributed by atoms with Gasteiger partial charge in [0.05, 0.1) is 6.26 Å². The van der Waals surface area contributed by atoms with E-state index in [1.807, 2.05) is 42.5 Å². The summed E-state index contributed by atoms with van der Waals surface area (Å²) in [6.07, 6.45) is 4.47. The summed E-state index contributed by atoms with van der Waals surface area (Å²) >= 11 is 0. The van der Waals surface area contributed by atoms with Crippen LogP contribution >= 0.6 is 0 Å². The molecule has 1 aliphatic rings. The number of furan rings is 1. The standard InChI is InChI=1S/C20H26N2O2/c1-2-22-12-10-16(11-13-22)15-19(23)21-20(18-9-6-14-24-18)17-7-4-3-5-8-17/h3-9,14,16,20H,2,10-13,15H2,1H3,(H,21,23)/t20-/m0/s1. The molecule has 1 aliphatic heterocycles. The first-order chi connectivity index (χ1) is 11.8. The number of amides is 1. The van der Waals surface area contributed by atoms with E-state index < -0.39 is 0 Å². The van der Waals surface area contributed by atoms with E-state index in [1.54, 1.807) is 6.26 Å². The molecule has 128 valence electrons. The number of hydrogen-bond acceptors (Lipinski definition) is 3. The molecule has 1 aromatic heterocycles. The third-order valence-corrected chi connectivity index (χ3v) is 4.89. The highest BCUT2D eigenvalue weighted by Gasteiger charge is 2.24. The average molecular weight is 326 g/mol. The Bertz CT molecular complexity index is 616. The molecule has 0 spiro atoms. The Morgan fingerprint density at radius 2 is 1.96 bits per heavy atom. The SMILES string of the molecule is CCN1CCC(CC(=O)N[C@@H](c2ccccc2)c2ccco2)CC1. The van der Waals surface area contributed by atoms with Crippen molar-refractivity contribution in [2.75, 3.05) is 19.6 Å². The topological polar surface area (TPSA) is 45.5 Å². The van der Waals surface area contributed by atoms with Gasteiger partial charge < -0.3 is 14.6 Å². The Morgan fingerprint density at radius 1 is 1.21 bits per heavy atom. The highest BCUT2D eigenvalue weighted by molar-refractivity contribution is 5.77. The van der Waals surface area contributed by atoms with Crippen molar-refractivity contribution in [2.24, 2.45) is 5.92 Å². The van der Waals surface area contributed by atoms with Crippen LogP contribution in [0.4, 0.5) is 0 Å². The lowest BCUT2D eigenvalue weighted by Crippen LogP contribution is -2.36. The molecule has 0 aliphatic carbocycles. The highest BCUT2D eigenvalue weighted by atomic mass is 16.3. The van der Waals surface area contributed by atoms with Crippen LogP contribution in [0.15, 0.2) is 53.1 Å². The Hall–Kier alpha value is -2.07. The van der Waals surface area contributed by atoms with Gasteiger partial charge in [-0.1, -0.05) is 37.3 Å². The van der Waals surface area contributed by atoms with Gasteiger partial charge in [-0.2, -0.15) is 0 Å². The van der Waals surface area contributed by atoms with E-state index in [0.717, 1.165) is 43.8 Å². The first-order valence-electron chi connectivity index (χ1n) is 8.86. The summed E-state index contributed by atoms with van der Waals surface area (Å²) in [5, 5.41) is 3.16. The molecule has 0 saturated carbocycles. The lowest BCUT2D eigenvalue weighted by atomic mass is 9.93. The Morgan fingerprint density at radius 3 is 2.58 bits per heavy atom. The summed E-state index contributed by atoms with van der Waals surface area (Å²) in [6.45, 7) is 5.51. The largest absolute Gasteiger partial charge is 0.467 e. The van der Waals surface area contributed by atoms with Crippen molar-refractivity contribution >= 4 is 5.91 Å². The van der Waals surface area contributed by atoms with Crippen molar-refractivity contribution < 1.29 is 9.21 Å². The van der Waals surface area contributed by atoms with Gasteiger partial charge in [0, 0.05) is 6.42 Å². The van der Waals surface area contributed by atoms with E-state index in [9.17, 15) is 4.79 Å². The van der Waals surface area contributed by atoms with Crippen molar-refractivity contribution in [1.29, 1.82) is 0 Å². The van der Waals surface area contributed by atoms with E-state index in [1.165, 1.54) is 0 Å². The molecule has 2 heterocycles. The minimum absolute atomic E-state index is 0.107. The number of hydrogen-bond donors (Lipinski definition) is 1. The number of benzene rings is 1. The Labute approximate surface area is 143 Å². The molecule has 1 atom stereocenters. The lowest BCUT2D eigenvalue weighted by molar-refractivity contribution is -0.123. The molecule has 1 N–H and O–H groups in total. The smallest absolute Gasteiger partial charge is 0.221 e. The van der Waals surface area contributed by atoms with Crippen LogP contribution in [0, 0.1) is 5.92 Å². The number of nitrogens with one attached hydrogen (secondary N) is 1. The number of carbonyl (C=O) groups excluding carboxylic acids is 1. The van der Waals surface area contributed by atoms with Gasteiger partial charge in [-0.15, -0.1) is 0 Å². The number of piperidine rings is 1. The van der Waals surface area contributed by atoms with Crippen LogP contribution in [-0.4, -0.2) is 30.4 Å². The van der Waals surface area contributed by atoms with Gasteiger partial charge in [-0.05, 0) is 56.1 Å². The van der Waals surface area contributed by atoms with Crippen molar-refractivity contribution in [3.63, 3.8) is 0 Å². The third kappa shape index (κ3) is 4.26. The summed E-state index contributed by atoms with van der Waals surface area (Å²) in [5.41, 5.74) is 1.04. The van der Waals surface area contributed by atoms with Gasteiger partial charge in [-0.3, -0.25) is 4.79 Å². The molecule has 4 nitrogen and oxygen atoms in total. The van der Waals surface area contributed by atoms with Gasteiger partial charge in [0.25, 0.3) is 0 Å². The summed E-state index contributed by atoms with van der Waals surface area (Å²) in [6, 6.07) is 13.5. The van der Waals surface area contributed by atoms with Crippen LogP contribution in [0.2, 0.25) is 0 Å². The molecular weight excluding hydrogens is 300 g/mol. The number of rotatable bonds is 6. The number of nitrogens with zero attached hydrogens (tertiary/aromatic N) is 1. The van der Waals surface area contributed by atoms with Crippen molar-refractivity contribution in [3.8, 4) is 0 Å². The summed E-state index contributed by atoms with van der Waals surface area (Å²) < 4.78 is 5.55. The normalized spacial score (nSPS) is 17.5. The molecule has 0 radical (unpaired) electrons. The Kier molecular flexibility index (Phi) is 5.70. The highest BCUT2D eigenvalue weighted by Crippen LogP contribution is 2.24. The molecule has 1 saturated heterocycles. The molecule has 3 rings (SSSR count). The number of carbonyl (C=O) groups is 1. The third-order valence-electron chi connectivity index (χ3n) is 4.89. The molecule has 1 aromatic carbocycles. The van der Waals surface area contributed by atoms with Crippen LogP contribution in [0.3, 0.4) is 0 Å². The molecule has 4 heteroatoms. The monoisotopic (exact) mass is 326 g/mol. The van der Waals surface area contributed by atoms with Crippen LogP contribution in [0.25, 0.3) is 0 Å². The van der Waals surface area contributed by atoms with Gasteiger partial charge >= 0.3 is 0 Å². The maximum atomic E-state index is 12.6. The maximum absolute atomic E-state index is 12.6. The van der Waals surface area contributed by atoms with Gasteiger partial charge in [0.1, 0.15) is 11.8 Å². The fourth-order valence-corrected chi connectivity index (χ4v) is 3.41. The first-order valence-corrected chi connectivity index (χ1v) is 8.86. The molecule has 2 aromatic rings. The van der Waals surface area contributed by atoms with E-state index in [2.05, 4.69) is 17.1 Å². The van der Waals surface area contributed by atoms with E-state index in [4.69, 9.17) is 4.42 Å². The average Bonchev–Trinajstić information content (AvgIpc) is 3.15. The van der Waals surface area contributed by atoms with Crippen LogP contribution in [-0.2, 0) is 4.79 Å². The van der Waals surface area contributed by atoms with Crippen molar-refractivity contribution in [2.45, 2.75) is 32.2 Å². The number of likely N-dealkylation sites (tertiary alicyclic amines) is 1. The molecule has 1 amide bonds. The lowest BCUT2D eigenvalue weighted by Gasteiger charge is -2.31. The Balaban J connectivity index is 1.62. The van der Waals surface area contributed by atoms with E-state index in [0.29, 0.717) is 12.3 Å². The van der Waals surface area contributed by atoms with Gasteiger partial charge in [0.15, 0.2) is 0 Å². The summed E-state index contributed by atoms with van der Waals surface area (Å²) in [5.74, 6) is 1.37. The predicted molar refractivity (Wildman–Crippen MR) is 94.6 cm³/mol. The predicted octanol–water partition coefficient (Wildman–Crippen LogP) is 3.61. The molecular formula is C20H26N2O2. The zero-order valence-electron chi connectivity index (χ0n) is 14.3. The molecule has 0 unspecified atom stereocenters. The van der Waals surface area contributed by atoms with E-state index in [-0.39, 0.29) is 11.9 Å². The van der Waals surface area contributed by atoms with E-state index >= 15 is 0 Å². The van der Waals surface area contributed by atoms with Crippen LogP contribution in [0.5, 0.6) is 0 Å².